The van der Waals surface area contributed by atoms with Crippen LogP contribution in [0.15, 0.2) is 0 Å². The first-order valence-corrected chi connectivity index (χ1v) is 11.3. The van der Waals surface area contributed by atoms with Crippen LogP contribution in [0.3, 0.4) is 0 Å². The molecule has 0 spiro atoms. The van der Waals surface area contributed by atoms with Gasteiger partial charge in [0, 0.05) is 0 Å². The Morgan fingerprint density at radius 2 is 1.52 bits per heavy atom. The minimum Gasteiger partial charge on any atom is -0.465 e. The van der Waals surface area contributed by atoms with Crippen LogP contribution in [-0.2, 0) is 19.1 Å². The van der Waals surface area contributed by atoms with Crippen molar-refractivity contribution in [3.63, 3.8) is 0 Å². The molecule has 0 aromatic carbocycles. The molecule has 0 aromatic rings. The fraction of sp³-hybridized carbons (Fsp3) is 0.913. The van der Waals surface area contributed by atoms with E-state index >= 15 is 0 Å². The molecule has 0 heterocycles. The third-order valence-corrected chi connectivity index (χ3v) is 5.80. The van der Waals surface area contributed by atoms with E-state index in [9.17, 15) is 9.59 Å². The van der Waals surface area contributed by atoms with Gasteiger partial charge in [-0.2, -0.15) is 0 Å². The number of hydrogen-bond donors (Lipinski definition) is 0. The van der Waals surface area contributed by atoms with Crippen LogP contribution in [0.5, 0.6) is 0 Å². The van der Waals surface area contributed by atoms with Crippen LogP contribution in [0, 0.1) is 23.7 Å². The highest BCUT2D eigenvalue weighted by Gasteiger charge is 2.38. The van der Waals surface area contributed by atoms with Crippen molar-refractivity contribution in [3.8, 4) is 0 Å². The lowest BCUT2D eigenvalue weighted by molar-refractivity contribution is -0.163. The van der Waals surface area contributed by atoms with E-state index < -0.39 is 0 Å². The first-order chi connectivity index (χ1) is 13.0. The molecule has 3 unspecified atom stereocenters. The monoisotopic (exact) mass is 382 g/mol. The summed E-state index contributed by atoms with van der Waals surface area (Å²) in [6.07, 6.45) is 11.1. The van der Waals surface area contributed by atoms with Crippen molar-refractivity contribution in [2.75, 3.05) is 13.2 Å². The maximum absolute atomic E-state index is 12.6. The molecule has 0 radical (unpaired) electrons. The van der Waals surface area contributed by atoms with Gasteiger partial charge in [0.05, 0.1) is 25.0 Å². The Kier molecular flexibility index (Phi) is 12.4. The average molecular weight is 383 g/mol. The predicted molar refractivity (Wildman–Crippen MR) is 109 cm³/mol. The molecule has 0 aromatic heterocycles. The molecule has 27 heavy (non-hydrogen) atoms. The topological polar surface area (TPSA) is 52.6 Å². The summed E-state index contributed by atoms with van der Waals surface area (Å²) in [6.45, 7) is 9.70. The largest absolute Gasteiger partial charge is 0.465 e. The smallest absolute Gasteiger partial charge is 0.309 e. The lowest BCUT2D eigenvalue weighted by Gasteiger charge is -2.29. The molecular weight excluding hydrogens is 340 g/mol. The highest BCUT2D eigenvalue weighted by atomic mass is 16.5. The Bertz CT molecular complexity index is 419. The summed E-state index contributed by atoms with van der Waals surface area (Å²) in [4.78, 5) is 25.1. The Labute approximate surface area is 166 Å². The molecule has 158 valence electrons. The third-order valence-electron chi connectivity index (χ3n) is 5.80. The maximum Gasteiger partial charge on any atom is 0.309 e. The van der Waals surface area contributed by atoms with Gasteiger partial charge in [0.25, 0.3) is 0 Å². The summed E-state index contributed by atoms with van der Waals surface area (Å²) >= 11 is 0. The average Bonchev–Trinajstić information content (AvgIpc) is 2.67. The lowest BCUT2D eigenvalue weighted by atomic mass is 9.79. The van der Waals surface area contributed by atoms with Crippen LogP contribution in [0.2, 0.25) is 0 Å². The zero-order valence-electron chi connectivity index (χ0n) is 18.1. The van der Waals surface area contributed by atoms with E-state index in [2.05, 4.69) is 27.7 Å². The number of unbranched alkanes of at least 4 members (excludes halogenated alkanes) is 2. The van der Waals surface area contributed by atoms with Gasteiger partial charge >= 0.3 is 11.9 Å². The van der Waals surface area contributed by atoms with Gasteiger partial charge in [-0.3, -0.25) is 9.59 Å². The van der Waals surface area contributed by atoms with Crippen LogP contribution >= 0.6 is 0 Å². The van der Waals surface area contributed by atoms with E-state index in [1.54, 1.807) is 0 Å². The van der Waals surface area contributed by atoms with Gasteiger partial charge in [-0.25, -0.2) is 0 Å². The second-order valence-electron chi connectivity index (χ2n) is 8.60. The second-order valence-corrected chi connectivity index (χ2v) is 8.60. The fourth-order valence-corrected chi connectivity index (χ4v) is 3.83. The quantitative estimate of drug-likeness (QED) is 0.293. The molecule has 1 aliphatic carbocycles. The Hall–Kier alpha value is -1.06. The predicted octanol–water partition coefficient (Wildman–Crippen LogP) is 5.92. The number of ether oxygens (including phenoxy) is 2. The van der Waals surface area contributed by atoms with Crippen LogP contribution < -0.4 is 0 Å². The van der Waals surface area contributed by atoms with Crippen molar-refractivity contribution in [1.82, 2.24) is 0 Å². The number of rotatable bonds is 13. The van der Waals surface area contributed by atoms with Crippen molar-refractivity contribution in [3.05, 3.63) is 0 Å². The maximum atomic E-state index is 12.6. The van der Waals surface area contributed by atoms with Crippen LogP contribution in [0.1, 0.15) is 98.3 Å². The Morgan fingerprint density at radius 1 is 0.889 bits per heavy atom. The molecule has 1 aliphatic rings. The molecule has 1 rings (SSSR count). The van der Waals surface area contributed by atoms with Crippen LogP contribution in [0.4, 0.5) is 0 Å². The molecule has 0 saturated heterocycles. The van der Waals surface area contributed by atoms with E-state index in [0.29, 0.717) is 25.0 Å². The summed E-state index contributed by atoms with van der Waals surface area (Å²) in [7, 11) is 0. The van der Waals surface area contributed by atoms with Crippen molar-refractivity contribution in [1.29, 1.82) is 0 Å². The molecule has 0 aliphatic heterocycles. The van der Waals surface area contributed by atoms with Crippen molar-refractivity contribution in [2.24, 2.45) is 23.7 Å². The number of carbonyl (C=O) groups is 2. The van der Waals surface area contributed by atoms with Gasteiger partial charge < -0.3 is 9.47 Å². The third kappa shape index (κ3) is 9.62. The van der Waals surface area contributed by atoms with Gasteiger partial charge in [-0.15, -0.1) is 0 Å². The highest BCUT2D eigenvalue weighted by Crippen LogP contribution is 2.32. The lowest BCUT2D eigenvalue weighted by Crippen LogP contribution is -2.35. The zero-order chi connectivity index (χ0) is 20.1. The molecule has 3 atom stereocenters. The first kappa shape index (κ1) is 24.0. The fourth-order valence-electron chi connectivity index (χ4n) is 3.83. The number of esters is 2. The van der Waals surface area contributed by atoms with Crippen molar-refractivity contribution in [2.45, 2.75) is 98.3 Å². The van der Waals surface area contributed by atoms with E-state index in [0.717, 1.165) is 64.2 Å². The molecule has 1 fully saturated rings. The van der Waals surface area contributed by atoms with Gasteiger partial charge in [0.1, 0.15) is 0 Å². The molecule has 1 saturated carbocycles. The Balaban J connectivity index is 2.43. The molecule has 0 N–H and O–H groups in total. The van der Waals surface area contributed by atoms with Crippen molar-refractivity contribution < 1.29 is 19.1 Å². The minimum atomic E-state index is -0.314. The van der Waals surface area contributed by atoms with Gasteiger partial charge in [0.15, 0.2) is 0 Å². The first-order valence-electron chi connectivity index (χ1n) is 11.3. The molecule has 0 bridgehead atoms. The summed E-state index contributed by atoms with van der Waals surface area (Å²) in [5.74, 6) is 0.106. The van der Waals surface area contributed by atoms with Gasteiger partial charge in [-0.1, -0.05) is 66.2 Å². The minimum absolute atomic E-state index is 0.189. The van der Waals surface area contributed by atoms with Crippen LogP contribution in [0.25, 0.3) is 0 Å². The van der Waals surface area contributed by atoms with E-state index in [-0.39, 0.29) is 23.8 Å². The normalized spacial score (nSPS) is 21.1. The van der Waals surface area contributed by atoms with E-state index in [4.69, 9.17) is 9.47 Å². The molecule has 0 amide bonds. The summed E-state index contributed by atoms with van der Waals surface area (Å²) in [5, 5.41) is 0. The van der Waals surface area contributed by atoms with Crippen LogP contribution in [-0.4, -0.2) is 25.2 Å². The van der Waals surface area contributed by atoms with Gasteiger partial charge in [-0.05, 0) is 43.9 Å². The van der Waals surface area contributed by atoms with Gasteiger partial charge in [0.2, 0.25) is 0 Å². The number of carbonyl (C=O) groups excluding carboxylic acids is 2. The van der Waals surface area contributed by atoms with E-state index in [1.807, 2.05) is 0 Å². The highest BCUT2D eigenvalue weighted by molar-refractivity contribution is 5.82. The zero-order valence-corrected chi connectivity index (χ0v) is 18.1. The molecule has 4 heteroatoms. The molecule has 4 nitrogen and oxygen atoms in total. The van der Waals surface area contributed by atoms with Crippen molar-refractivity contribution >= 4 is 11.9 Å². The summed E-state index contributed by atoms with van der Waals surface area (Å²) in [5.41, 5.74) is 0. The summed E-state index contributed by atoms with van der Waals surface area (Å²) < 4.78 is 11.1. The number of hydrogen-bond acceptors (Lipinski definition) is 4. The van der Waals surface area contributed by atoms with E-state index in [1.165, 1.54) is 6.42 Å². The molecular formula is C23H42O4. The second kappa shape index (κ2) is 14.0. The summed E-state index contributed by atoms with van der Waals surface area (Å²) in [6, 6.07) is 0. The standard InChI is InChI=1S/C23H42O4/c1-5-7-13-19(6-2)17-27-23(25)21-15-9-8-14-20(21)22(24)26-16-11-10-12-18(3)4/h18-21H,5-17H2,1-4H3. The Morgan fingerprint density at radius 3 is 2.07 bits per heavy atom. The SMILES string of the molecule is CCCCC(CC)COC(=O)C1CCCCC1C(=O)OCCCCC(C)C.